The number of urea groups is 1. The van der Waals surface area contributed by atoms with Gasteiger partial charge in [-0.05, 0) is 29.8 Å². The third-order valence-corrected chi connectivity index (χ3v) is 2.35. The molecule has 0 unspecified atom stereocenters. The molecule has 1 heterocycles. The summed E-state index contributed by atoms with van der Waals surface area (Å²) in [7, 11) is 0. The highest BCUT2D eigenvalue weighted by Gasteiger charge is 2.04. The van der Waals surface area contributed by atoms with Crippen molar-refractivity contribution in [2.45, 2.75) is 6.54 Å². The summed E-state index contributed by atoms with van der Waals surface area (Å²) in [5.74, 6) is 0.0385. The predicted octanol–water partition coefficient (Wildman–Crippen LogP) is 2.11. The molecule has 0 fully saturated rings. The van der Waals surface area contributed by atoms with Crippen molar-refractivity contribution in [2.75, 3.05) is 5.32 Å². The van der Waals surface area contributed by atoms with Gasteiger partial charge in [-0.1, -0.05) is 12.1 Å². The summed E-state index contributed by atoms with van der Waals surface area (Å²) in [6.45, 7) is 0.405. The Hall–Kier alpha value is -2.56. The van der Waals surface area contributed by atoms with Crippen molar-refractivity contribution >= 4 is 11.7 Å². The van der Waals surface area contributed by atoms with E-state index in [-0.39, 0.29) is 11.8 Å². The molecule has 2 rings (SSSR count). The van der Waals surface area contributed by atoms with Crippen LogP contribution >= 0.6 is 0 Å². The van der Waals surface area contributed by atoms with Gasteiger partial charge in [0.15, 0.2) is 0 Å². The van der Waals surface area contributed by atoms with Crippen molar-refractivity contribution < 1.29 is 9.90 Å². The van der Waals surface area contributed by atoms with Gasteiger partial charge in [-0.15, -0.1) is 0 Å². The second-order valence-corrected chi connectivity index (χ2v) is 3.68. The number of amides is 2. The summed E-state index contributed by atoms with van der Waals surface area (Å²) < 4.78 is 0. The van der Waals surface area contributed by atoms with E-state index >= 15 is 0 Å². The number of nitrogens with zero attached hydrogens (tertiary/aromatic N) is 1. The number of aromatic nitrogens is 1. The predicted molar refractivity (Wildman–Crippen MR) is 68.2 cm³/mol. The monoisotopic (exact) mass is 243 g/mol. The van der Waals surface area contributed by atoms with Crippen molar-refractivity contribution in [3.63, 3.8) is 0 Å². The van der Waals surface area contributed by atoms with E-state index in [4.69, 9.17) is 0 Å². The van der Waals surface area contributed by atoms with Crippen LogP contribution in [0.25, 0.3) is 0 Å². The zero-order valence-corrected chi connectivity index (χ0v) is 9.63. The molecule has 0 aliphatic heterocycles. The van der Waals surface area contributed by atoms with E-state index in [1.807, 2.05) is 12.1 Å². The van der Waals surface area contributed by atoms with Crippen LogP contribution in [-0.2, 0) is 6.54 Å². The van der Waals surface area contributed by atoms with Gasteiger partial charge in [0, 0.05) is 18.9 Å². The van der Waals surface area contributed by atoms with Gasteiger partial charge >= 0.3 is 6.03 Å². The first-order valence-electron chi connectivity index (χ1n) is 5.47. The van der Waals surface area contributed by atoms with Crippen molar-refractivity contribution in [1.29, 1.82) is 0 Å². The number of hydrogen-bond donors (Lipinski definition) is 3. The normalized spacial score (nSPS) is 9.78. The second-order valence-electron chi connectivity index (χ2n) is 3.68. The molecular weight excluding hydrogens is 230 g/mol. The Morgan fingerprint density at radius 3 is 2.61 bits per heavy atom. The lowest BCUT2D eigenvalue weighted by atomic mass is 10.3. The third-order valence-electron chi connectivity index (χ3n) is 2.35. The summed E-state index contributed by atoms with van der Waals surface area (Å²) >= 11 is 0. The summed E-state index contributed by atoms with van der Waals surface area (Å²) in [6, 6.07) is 9.84. The molecule has 2 aromatic rings. The number of aromatic hydroxyl groups is 1. The van der Waals surface area contributed by atoms with Crippen LogP contribution in [0.4, 0.5) is 10.5 Å². The molecule has 18 heavy (non-hydrogen) atoms. The highest BCUT2D eigenvalue weighted by atomic mass is 16.3. The smallest absolute Gasteiger partial charge is 0.319 e. The number of hydrogen-bond acceptors (Lipinski definition) is 3. The van der Waals surface area contributed by atoms with Crippen molar-refractivity contribution in [1.82, 2.24) is 10.3 Å². The summed E-state index contributed by atoms with van der Waals surface area (Å²) in [5, 5.41) is 14.7. The minimum atomic E-state index is -0.367. The molecule has 0 spiro atoms. The molecule has 2 amide bonds. The number of benzene rings is 1. The van der Waals surface area contributed by atoms with Crippen LogP contribution < -0.4 is 10.6 Å². The zero-order valence-electron chi connectivity index (χ0n) is 9.63. The molecule has 0 saturated heterocycles. The molecule has 0 bridgehead atoms. The lowest BCUT2D eigenvalue weighted by molar-refractivity contribution is 0.251. The fourth-order valence-corrected chi connectivity index (χ4v) is 1.43. The number of para-hydroxylation sites is 2. The lowest BCUT2D eigenvalue weighted by Crippen LogP contribution is -2.28. The lowest BCUT2D eigenvalue weighted by Gasteiger charge is -2.08. The third kappa shape index (κ3) is 3.21. The van der Waals surface area contributed by atoms with Crippen molar-refractivity contribution in [3.8, 4) is 5.75 Å². The fraction of sp³-hybridized carbons (Fsp3) is 0.0769. The molecular formula is C13H13N3O2. The standard InChI is InChI=1S/C13H13N3O2/c17-12-4-2-1-3-11(12)16-13(18)15-9-10-5-7-14-8-6-10/h1-8,17H,9H2,(H2,15,16,18). The summed E-state index contributed by atoms with van der Waals surface area (Å²) in [6.07, 6.45) is 3.33. The molecule has 92 valence electrons. The molecule has 0 aliphatic carbocycles. The van der Waals surface area contributed by atoms with E-state index in [9.17, 15) is 9.90 Å². The highest BCUT2D eigenvalue weighted by molar-refractivity contribution is 5.90. The van der Waals surface area contributed by atoms with Gasteiger partial charge in [-0.25, -0.2) is 4.79 Å². The number of anilines is 1. The molecule has 1 aromatic carbocycles. The van der Waals surface area contributed by atoms with E-state index < -0.39 is 0 Å². The van der Waals surface area contributed by atoms with Crippen LogP contribution in [0.3, 0.4) is 0 Å². The maximum atomic E-state index is 11.6. The number of phenols is 1. The largest absolute Gasteiger partial charge is 0.506 e. The van der Waals surface area contributed by atoms with Crippen LogP contribution in [0.2, 0.25) is 0 Å². The number of phenolic OH excluding ortho intramolecular Hbond substituents is 1. The van der Waals surface area contributed by atoms with Gasteiger partial charge in [0.1, 0.15) is 5.75 Å². The van der Waals surface area contributed by atoms with Crippen LogP contribution in [0.15, 0.2) is 48.8 Å². The number of rotatable bonds is 3. The second kappa shape index (κ2) is 5.67. The van der Waals surface area contributed by atoms with Crippen LogP contribution in [0, 0.1) is 0 Å². The molecule has 3 N–H and O–H groups in total. The Balaban J connectivity index is 1.88. The quantitative estimate of drug-likeness (QED) is 0.723. The van der Waals surface area contributed by atoms with E-state index in [0.717, 1.165) is 5.56 Å². The van der Waals surface area contributed by atoms with E-state index in [1.165, 1.54) is 6.07 Å². The number of nitrogens with one attached hydrogen (secondary N) is 2. The molecule has 0 aliphatic rings. The molecule has 0 saturated carbocycles. The van der Waals surface area contributed by atoms with E-state index in [1.54, 1.807) is 30.6 Å². The first-order valence-corrected chi connectivity index (χ1v) is 5.47. The number of carbonyl (C=O) groups excluding carboxylic acids is 1. The van der Waals surface area contributed by atoms with Crippen molar-refractivity contribution in [2.24, 2.45) is 0 Å². The van der Waals surface area contributed by atoms with Gasteiger partial charge in [-0.3, -0.25) is 4.98 Å². The topological polar surface area (TPSA) is 74.2 Å². The minimum Gasteiger partial charge on any atom is -0.506 e. The van der Waals surface area contributed by atoms with Gasteiger partial charge < -0.3 is 15.7 Å². The SMILES string of the molecule is O=C(NCc1ccncc1)Nc1ccccc1O. The Labute approximate surface area is 104 Å². The fourth-order valence-electron chi connectivity index (χ4n) is 1.43. The van der Waals surface area contributed by atoms with Crippen LogP contribution in [-0.4, -0.2) is 16.1 Å². The van der Waals surface area contributed by atoms with Gasteiger partial charge in [0.25, 0.3) is 0 Å². The number of pyridine rings is 1. The Bertz CT molecular complexity index is 529. The summed E-state index contributed by atoms with van der Waals surface area (Å²) in [4.78, 5) is 15.5. The maximum absolute atomic E-state index is 11.6. The zero-order chi connectivity index (χ0) is 12.8. The van der Waals surface area contributed by atoms with E-state index in [2.05, 4.69) is 15.6 Å². The van der Waals surface area contributed by atoms with Gasteiger partial charge in [0.05, 0.1) is 5.69 Å². The average Bonchev–Trinajstić information content (AvgIpc) is 2.40. The van der Waals surface area contributed by atoms with Gasteiger partial charge in [-0.2, -0.15) is 0 Å². The molecule has 0 atom stereocenters. The van der Waals surface area contributed by atoms with E-state index in [0.29, 0.717) is 12.2 Å². The first-order chi connectivity index (χ1) is 8.75. The summed E-state index contributed by atoms with van der Waals surface area (Å²) in [5.41, 5.74) is 1.34. The van der Waals surface area contributed by atoms with Crippen molar-refractivity contribution in [3.05, 3.63) is 54.4 Å². The van der Waals surface area contributed by atoms with Crippen LogP contribution in [0.5, 0.6) is 5.75 Å². The Kier molecular flexibility index (Phi) is 3.76. The molecule has 5 heteroatoms. The Morgan fingerprint density at radius 1 is 1.17 bits per heavy atom. The minimum absolute atomic E-state index is 0.0385. The molecule has 0 radical (unpaired) electrons. The first kappa shape index (κ1) is 11.9. The molecule has 5 nitrogen and oxygen atoms in total. The maximum Gasteiger partial charge on any atom is 0.319 e. The number of carbonyl (C=O) groups is 1. The van der Waals surface area contributed by atoms with Gasteiger partial charge in [0.2, 0.25) is 0 Å². The highest BCUT2D eigenvalue weighted by Crippen LogP contribution is 2.21. The molecule has 1 aromatic heterocycles. The average molecular weight is 243 g/mol. The Morgan fingerprint density at radius 2 is 1.89 bits per heavy atom. The van der Waals surface area contributed by atoms with Crippen LogP contribution in [0.1, 0.15) is 5.56 Å².